The number of hydrazine groups is 1. The van der Waals surface area contributed by atoms with Gasteiger partial charge in [0.15, 0.2) is 0 Å². The first kappa shape index (κ1) is 25.4. The fourth-order valence-corrected chi connectivity index (χ4v) is 8.40. The number of carbonyl (C=O) groups excluding carboxylic acids is 1. The molecule has 4 aliphatic rings. The SMILES string of the molecule is CC(C)(CCO)N1Cc2cc(NC3NN([C@H]4CCCC[C@@H]4C#N)C4CCNC(=O)C34)ccc2S1(=O)=O. The summed E-state index contributed by atoms with van der Waals surface area (Å²) in [6.45, 7) is 4.41. The summed E-state index contributed by atoms with van der Waals surface area (Å²) >= 11 is 0. The second-order valence-corrected chi connectivity index (χ2v) is 12.9. The Labute approximate surface area is 213 Å². The number of hydrogen-bond donors (Lipinski definition) is 4. The Morgan fingerprint density at radius 2 is 2.00 bits per heavy atom. The van der Waals surface area contributed by atoms with Crippen molar-refractivity contribution >= 4 is 21.6 Å². The Kier molecular flexibility index (Phi) is 6.76. The average Bonchev–Trinajstić information content (AvgIpc) is 3.34. The maximum absolute atomic E-state index is 13.2. The third-order valence-corrected chi connectivity index (χ3v) is 10.5. The van der Waals surface area contributed by atoms with E-state index in [0.29, 0.717) is 18.5 Å². The molecule has 10 nitrogen and oxygen atoms in total. The standard InChI is InChI=1S/C25H36N6O4S/c1-25(2,10-12-32)30-15-17-13-18(7-8-21(17)36(30,34)35)28-23-22-20(9-11-27-24(22)33)31(29-23)19-6-4-3-5-16(19)14-26/h7-8,13,16,19-20,22-23,28-29,32H,3-6,9-12,15H2,1-2H3,(H,27,33)/t16-,19+,20?,22?,23?/m1/s1. The molecule has 0 radical (unpaired) electrons. The lowest BCUT2D eigenvalue weighted by atomic mass is 9.83. The quantitative estimate of drug-likeness (QED) is 0.446. The number of anilines is 1. The molecule has 1 aliphatic carbocycles. The largest absolute Gasteiger partial charge is 0.396 e. The van der Waals surface area contributed by atoms with E-state index >= 15 is 0 Å². The van der Waals surface area contributed by atoms with Crippen LogP contribution in [0.3, 0.4) is 0 Å². The zero-order valence-electron chi connectivity index (χ0n) is 20.9. The normalized spacial score (nSPS) is 32.4. The summed E-state index contributed by atoms with van der Waals surface area (Å²) in [7, 11) is -3.65. The monoisotopic (exact) mass is 516 g/mol. The fourth-order valence-electron chi connectivity index (χ4n) is 6.42. The third kappa shape index (κ3) is 4.29. The van der Waals surface area contributed by atoms with Crippen molar-refractivity contribution < 1.29 is 18.3 Å². The zero-order chi connectivity index (χ0) is 25.7. The van der Waals surface area contributed by atoms with Gasteiger partial charge in [-0.05, 0) is 63.3 Å². The molecule has 5 atom stereocenters. The smallest absolute Gasteiger partial charge is 0.244 e. The van der Waals surface area contributed by atoms with E-state index in [0.717, 1.165) is 37.8 Å². The van der Waals surface area contributed by atoms with Gasteiger partial charge in [0, 0.05) is 43.0 Å². The Bertz CT molecular complexity index is 1170. The number of amides is 1. The van der Waals surface area contributed by atoms with Gasteiger partial charge in [0.05, 0.1) is 22.8 Å². The summed E-state index contributed by atoms with van der Waals surface area (Å²) in [5.41, 5.74) is 4.26. The molecule has 4 N–H and O–H groups in total. The van der Waals surface area contributed by atoms with Gasteiger partial charge in [0.1, 0.15) is 6.17 Å². The van der Waals surface area contributed by atoms with Crippen molar-refractivity contribution in [3.05, 3.63) is 23.8 Å². The summed E-state index contributed by atoms with van der Waals surface area (Å²) in [5, 5.41) is 27.8. The van der Waals surface area contributed by atoms with E-state index in [-0.39, 0.29) is 54.0 Å². The first-order chi connectivity index (χ1) is 17.2. The van der Waals surface area contributed by atoms with E-state index in [1.54, 1.807) is 12.1 Å². The molecule has 1 amide bonds. The molecule has 0 aromatic heterocycles. The second kappa shape index (κ2) is 9.58. The first-order valence-electron chi connectivity index (χ1n) is 12.9. The van der Waals surface area contributed by atoms with Crippen LogP contribution in [0.5, 0.6) is 0 Å². The van der Waals surface area contributed by atoms with Crippen molar-refractivity contribution in [2.75, 3.05) is 18.5 Å². The van der Waals surface area contributed by atoms with E-state index < -0.39 is 15.6 Å². The van der Waals surface area contributed by atoms with Gasteiger partial charge in [-0.2, -0.15) is 9.57 Å². The molecular formula is C25H36N6O4S. The average molecular weight is 517 g/mol. The number of hydrogen-bond acceptors (Lipinski definition) is 8. The van der Waals surface area contributed by atoms with Crippen LogP contribution in [0.4, 0.5) is 5.69 Å². The second-order valence-electron chi connectivity index (χ2n) is 11.0. The maximum Gasteiger partial charge on any atom is 0.244 e. The minimum absolute atomic E-state index is 0.000206. The number of benzene rings is 1. The lowest BCUT2D eigenvalue weighted by molar-refractivity contribution is -0.128. The molecule has 3 aliphatic heterocycles. The number of nitrogens with zero attached hydrogens (tertiary/aromatic N) is 3. The highest BCUT2D eigenvalue weighted by Crippen LogP contribution is 2.40. The Hall–Kier alpha value is -2.23. The predicted molar refractivity (Wildman–Crippen MR) is 134 cm³/mol. The van der Waals surface area contributed by atoms with Crippen LogP contribution in [0.15, 0.2) is 23.1 Å². The van der Waals surface area contributed by atoms with Crippen molar-refractivity contribution in [1.82, 2.24) is 20.1 Å². The molecule has 3 heterocycles. The van der Waals surface area contributed by atoms with Crippen molar-refractivity contribution in [1.29, 1.82) is 5.26 Å². The van der Waals surface area contributed by atoms with E-state index in [2.05, 4.69) is 27.1 Å². The van der Waals surface area contributed by atoms with Crippen LogP contribution in [-0.2, 0) is 21.4 Å². The highest BCUT2D eigenvalue weighted by atomic mass is 32.2. The lowest BCUT2D eigenvalue weighted by Gasteiger charge is -2.39. The van der Waals surface area contributed by atoms with Crippen LogP contribution in [0, 0.1) is 23.2 Å². The molecule has 3 fully saturated rings. The van der Waals surface area contributed by atoms with Crippen molar-refractivity contribution in [2.24, 2.45) is 11.8 Å². The number of aliphatic hydroxyl groups is 1. The van der Waals surface area contributed by atoms with Gasteiger partial charge in [-0.15, -0.1) is 0 Å². The molecule has 2 saturated heterocycles. The van der Waals surface area contributed by atoms with Crippen molar-refractivity contribution in [2.45, 2.75) is 87.6 Å². The van der Waals surface area contributed by atoms with Crippen molar-refractivity contribution in [3.63, 3.8) is 0 Å². The number of rotatable bonds is 6. The summed E-state index contributed by atoms with van der Waals surface area (Å²) in [6.07, 6.45) is 4.73. The van der Waals surface area contributed by atoms with Crippen LogP contribution < -0.4 is 16.1 Å². The number of piperidine rings is 1. The molecule has 11 heteroatoms. The molecule has 0 bridgehead atoms. The summed E-state index contributed by atoms with van der Waals surface area (Å²) in [5.74, 6) is -0.394. The molecule has 3 unspecified atom stereocenters. The molecule has 36 heavy (non-hydrogen) atoms. The highest BCUT2D eigenvalue weighted by Gasteiger charge is 2.51. The maximum atomic E-state index is 13.2. The molecule has 1 aromatic carbocycles. The Balaban J connectivity index is 1.39. The molecule has 0 spiro atoms. The van der Waals surface area contributed by atoms with Gasteiger partial charge in [-0.1, -0.05) is 12.8 Å². The van der Waals surface area contributed by atoms with E-state index in [9.17, 15) is 23.6 Å². The van der Waals surface area contributed by atoms with Gasteiger partial charge >= 0.3 is 0 Å². The summed E-state index contributed by atoms with van der Waals surface area (Å²) in [6, 6.07) is 7.77. The van der Waals surface area contributed by atoms with Gasteiger partial charge in [-0.25, -0.2) is 18.9 Å². The fraction of sp³-hybridized carbons (Fsp3) is 0.680. The number of sulfonamides is 1. The van der Waals surface area contributed by atoms with Gasteiger partial charge in [-0.3, -0.25) is 4.79 Å². The Morgan fingerprint density at radius 3 is 2.75 bits per heavy atom. The number of fused-ring (bicyclic) bond motifs is 2. The molecule has 5 rings (SSSR count). The summed E-state index contributed by atoms with van der Waals surface area (Å²) < 4.78 is 27.8. The first-order valence-corrected chi connectivity index (χ1v) is 14.4. The van der Waals surface area contributed by atoms with Crippen LogP contribution in [0.25, 0.3) is 0 Å². The third-order valence-electron chi connectivity index (χ3n) is 8.38. The van der Waals surface area contributed by atoms with E-state index in [4.69, 9.17) is 0 Å². The molecule has 1 aromatic rings. The number of nitriles is 1. The Morgan fingerprint density at radius 1 is 1.22 bits per heavy atom. The molecule has 196 valence electrons. The zero-order valence-corrected chi connectivity index (χ0v) is 21.7. The van der Waals surface area contributed by atoms with Crippen LogP contribution in [-0.4, -0.2) is 65.7 Å². The lowest BCUT2D eigenvalue weighted by Crippen LogP contribution is -2.54. The number of carbonyl (C=O) groups is 1. The molecule has 1 saturated carbocycles. The van der Waals surface area contributed by atoms with E-state index in [1.807, 2.05) is 19.9 Å². The highest BCUT2D eigenvalue weighted by molar-refractivity contribution is 7.89. The van der Waals surface area contributed by atoms with E-state index in [1.165, 1.54) is 4.31 Å². The predicted octanol–water partition coefficient (Wildman–Crippen LogP) is 1.50. The number of aliphatic hydroxyl groups excluding tert-OH is 1. The minimum Gasteiger partial charge on any atom is -0.396 e. The van der Waals surface area contributed by atoms with Crippen LogP contribution in [0.2, 0.25) is 0 Å². The van der Waals surface area contributed by atoms with Crippen LogP contribution in [0.1, 0.15) is 57.9 Å². The van der Waals surface area contributed by atoms with Crippen molar-refractivity contribution in [3.8, 4) is 6.07 Å². The van der Waals surface area contributed by atoms with Gasteiger partial charge in [0.2, 0.25) is 15.9 Å². The van der Waals surface area contributed by atoms with Gasteiger partial charge < -0.3 is 15.7 Å². The van der Waals surface area contributed by atoms with Crippen LogP contribution >= 0.6 is 0 Å². The molecular weight excluding hydrogens is 480 g/mol. The topological polar surface area (TPSA) is 138 Å². The number of nitrogens with one attached hydrogen (secondary N) is 3. The summed E-state index contributed by atoms with van der Waals surface area (Å²) in [4.78, 5) is 13.2. The van der Waals surface area contributed by atoms with Gasteiger partial charge in [0.25, 0.3) is 0 Å². The minimum atomic E-state index is -3.65.